The van der Waals surface area contributed by atoms with Crippen LogP contribution in [0.4, 0.5) is 5.69 Å². The molecule has 1 aliphatic carbocycles. The van der Waals surface area contributed by atoms with Crippen LogP contribution in [-0.4, -0.2) is 50.4 Å². The van der Waals surface area contributed by atoms with Crippen molar-refractivity contribution in [1.82, 2.24) is 10.2 Å². The zero-order valence-electron chi connectivity index (χ0n) is 27.4. The molecule has 0 aromatic heterocycles. The van der Waals surface area contributed by atoms with Crippen LogP contribution in [0.2, 0.25) is 10.0 Å². The van der Waals surface area contributed by atoms with Crippen LogP contribution in [0, 0.1) is 0 Å². The number of ether oxygens (including phenoxy) is 1. The summed E-state index contributed by atoms with van der Waals surface area (Å²) in [4.78, 5) is 30.5. The third kappa shape index (κ3) is 9.35. The number of amides is 2. The van der Waals surface area contributed by atoms with E-state index in [1.165, 1.54) is 17.0 Å². The number of carbonyl (C=O) groups excluding carboxylic acids is 2. The number of hydrogen-bond acceptors (Lipinski definition) is 5. The second kappa shape index (κ2) is 17.1. The van der Waals surface area contributed by atoms with Crippen LogP contribution in [0.3, 0.4) is 0 Å². The smallest absolute Gasteiger partial charge is 0.264 e. The predicted octanol–water partition coefficient (Wildman–Crippen LogP) is 7.68. The van der Waals surface area contributed by atoms with E-state index in [2.05, 4.69) is 5.32 Å². The molecule has 4 aromatic rings. The van der Waals surface area contributed by atoms with Gasteiger partial charge in [-0.25, -0.2) is 8.42 Å². The Morgan fingerprint density at radius 1 is 0.837 bits per heavy atom. The first-order valence-electron chi connectivity index (χ1n) is 16.5. The summed E-state index contributed by atoms with van der Waals surface area (Å²) in [7, 11) is -4.23. The number of nitrogens with one attached hydrogen (secondary N) is 1. The Bertz CT molecular complexity index is 1780. The molecule has 2 amide bonds. The molecule has 1 atom stereocenters. The number of hydrogen-bond donors (Lipinski definition) is 1. The van der Waals surface area contributed by atoms with Crippen molar-refractivity contribution in [1.29, 1.82) is 0 Å². The van der Waals surface area contributed by atoms with Gasteiger partial charge in [0.15, 0.2) is 0 Å². The number of sulfonamides is 1. The van der Waals surface area contributed by atoms with Gasteiger partial charge in [-0.3, -0.25) is 13.9 Å². The maximum atomic E-state index is 14.8. The van der Waals surface area contributed by atoms with Crippen LogP contribution in [0.5, 0.6) is 5.75 Å². The van der Waals surface area contributed by atoms with E-state index in [1.54, 1.807) is 60.7 Å². The summed E-state index contributed by atoms with van der Waals surface area (Å²) in [6, 6.07) is 28.0. The molecule has 1 fully saturated rings. The first-order chi connectivity index (χ1) is 23.7. The summed E-state index contributed by atoms with van der Waals surface area (Å²) in [6.45, 7) is 1.59. The van der Waals surface area contributed by atoms with E-state index in [-0.39, 0.29) is 35.5 Å². The van der Waals surface area contributed by atoms with E-state index >= 15 is 0 Å². The van der Waals surface area contributed by atoms with Crippen molar-refractivity contribution in [2.75, 3.05) is 17.5 Å². The molecule has 0 spiro atoms. The number of halogens is 2. The minimum absolute atomic E-state index is 0.0146. The van der Waals surface area contributed by atoms with Crippen LogP contribution in [0.1, 0.15) is 50.2 Å². The standard InChI is InChI=1S/C38H41Cl2N3O5S/c1-2-48-31-23-21-30(22-24-31)43(49(46,47)32-17-10-5-11-18-32)27-37(44)42(26-33-34(39)19-12-20-35(33)40)36(25-28-13-6-3-7-14-28)38(45)41-29-15-8-4-9-16-29/h3,5-7,10-14,17-24,29,36H,2,4,8-9,15-16,25-27H2,1H3,(H,41,45). The Labute approximate surface area is 299 Å². The third-order valence-corrected chi connectivity index (χ3v) is 11.2. The van der Waals surface area contributed by atoms with Crippen LogP contribution in [0.25, 0.3) is 0 Å². The van der Waals surface area contributed by atoms with E-state index in [1.807, 2.05) is 37.3 Å². The van der Waals surface area contributed by atoms with Crippen LogP contribution >= 0.6 is 23.2 Å². The molecule has 4 aromatic carbocycles. The van der Waals surface area contributed by atoms with Crippen molar-refractivity contribution in [3.63, 3.8) is 0 Å². The fourth-order valence-corrected chi connectivity index (χ4v) is 8.03. The molecule has 5 rings (SSSR count). The third-order valence-electron chi connectivity index (χ3n) is 8.66. The lowest BCUT2D eigenvalue weighted by Crippen LogP contribution is -2.55. The summed E-state index contributed by atoms with van der Waals surface area (Å²) in [5.41, 5.74) is 1.57. The first-order valence-corrected chi connectivity index (χ1v) is 18.7. The van der Waals surface area contributed by atoms with Crippen molar-refractivity contribution in [2.45, 2.75) is 69.0 Å². The summed E-state index contributed by atoms with van der Waals surface area (Å²) >= 11 is 13.3. The molecule has 0 bridgehead atoms. The Morgan fingerprint density at radius 2 is 1.45 bits per heavy atom. The highest BCUT2D eigenvalue weighted by atomic mass is 35.5. The second-order valence-electron chi connectivity index (χ2n) is 12.0. The van der Waals surface area contributed by atoms with Gasteiger partial charge in [0.1, 0.15) is 18.3 Å². The molecule has 49 heavy (non-hydrogen) atoms. The molecule has 1 aliphatic rings. The minimum atomic E-state index is -4.23. The molecule has 1 saturated carbocycles. The SMILES string of the molecule is CCOc1ccc(N(CC(=O)N(Cc2c(Cl)cccc2Cl)C(Cc2ccccc2)C(=O)NC2CCCCC2)S(=O)(=O)c2ccccc2)cc1. The topological polar surface area (TPSA) is 96.0 Å². The normalized spacial score (nSPS) is 14.1. The molecule has 0 aliphatic heterocycles. The number of carbonyl (C=O) groups is 2. The first kappa shape index (κ1) is 36.2. The molecule has 1 unspecified atom stereocenters. The Hall–Kier alpha value is -4.05. The summed E-state index contributed by atoms with van der Waals surface area (Å²) in [5, 5.41) is 3.86. The van der Waals surface area contributed by atoms with Crippen LogP contribution in [0.15, 0.2) is 108 Å². The van der Waals surface area contributed by atoms with Gasteiger partial charge >= 0.3 is 0 Å². The Balaban J connectivity index is 1.58. The number of benzene rings is 4. The van der Waals surface area contributed by atoms with Crippen molar-refractivity contribution in [3.05, 3.63) is 124 Å². The fourth-order valence-electron chi connectivity index (χ4n) is 6.08. The summed E-state index contributed by atoms with van der Waals surface area (Å²) in [6.07, 6.45) is 5.05. The molecule has 8 nitrogen and oxygen atoms in total. The summed E-state index contributed by atoms with van der Waals surface area (Å²) in [5.74, 6) is -0.346. The predicted molar refractivity (Wildman–Crippen MR) is 195 cm³/mol. The lowest BCUT2D eigenvalue weighted by molar-refractivity contribution is -0.140. The molecule has 258 valence electrons. The van der Waals surface area contributed by atoms with Gasteiger partial charge in [0.25, 0.3) is 10.0 Å². The molecule has 0 saturated heterocycles. The van der Waals surface area contributed by atoms with Crippen LogP contribution < -0.4 is 14.4 Å². The van der Waals surface area contributed by atoms with E-state index in [4.69, 9.17) is 27.9 Å². The van der Waals surface area contributed by atoms with Gasteiger partial charge < -0.3 is 15.0 Å². The average molecular weight is 723 g/mol. The average Bonchev–Trinajstić information content (AvgIpc) is 3.11. The van der Waals surface area contributed by atoms with Gasteiger partial charge in [-0.15, -0.1) is 0 Å². The van der Waals surface area contributed by atoms with E-state index < -0.39 is 28.5 Å². The monoisotopic (exact) mass is 721 g/mol. The van der Waals surface area contributed by atoms with Crippen molar-refractivity contribution in [2.24, 2.45) is 0 Å². The van der Waals surface area contributed by atoms with E-state index in [0.717, 1.165) is 42.0 Å². The molecule has 11 heteroatoms. The quantitative estimate of drug-likeness (QED) is 0.144. The van der Waals surface area contributed by atoms with Gasteiger partial charge in [0.05, 0.1) is 17.2 Å². The van der Waals surface area contributed by atoms with Crippen molar-refractivity contribution < 1.29 is 22.7 Å². The van der Waals surface area contributed by atoms with Gasteiger partial charge in [0, 0.05) is 34.6 Å². The lowest BCUT2D eigenvalue weighted by atomic mass is 9.94. The number of anilines is 1. The lowest BCUT2D eigenvalue weighted by Gasteiger charge is -2.35. The van der Waals surface area contributed by atoms with Crippen molar-refractivity contribution >= 4 is 50.7 Å². The van der Waals surface area contributed by atoms with E-state index in [0.29, 0.717) is 28.0 Å². The molecular formula is C38H41Cl2N3O5S. The second-order valence-corrected chi connectivity index (χ2v) is 14.7. The minimum Gasteiger partial charge on any atom is -0.494 e. The van der Waals surface area contributed by atoms with Gasteiger partial charge in [-0.2, -0.15) is 0 Å². The summed E-state index contributed by atoms with van der Waals surface area (Å²) < 4.78 is 35.1. The maximum absolute atomic E-state index is 14.8. The molecule has 0 heterocycles. The molecule has 0 radical (unpaired) electrons. The Morgan fingerprint density at radius 3 is 2.06 bits per heavy atom. The highest BCUT2D eigenvalue weighted by Crippen LogP contribution is 2.30. The number of nitrogens with zero attached hydrogens (tertiary/aromatic N) is 2. The zero-order chi connectivity index (χ0) is 34.8. The molecular weight excluding hydrogens is 681 g/mol. The highest BCUT2D eigenvalue weighted by Gasteiger charge is 2.36. The van der Waals surface area contributed by atoms with Gasteiger partial charge in [0.2, 0.25) is 11.8 Å². The maximum Gasteiger partial charge on any atom is 0.264 e. The highest BCUT2D eigenvalue weighted by molar-refractivity contribution is 7.92. The van der Waals surface area contributed by atoms with Gasteiger partial charge in [-0.05, 0) is 73.9 Å². The van der Waals surface area contributed by atoms with E-state index in [9.17, 15) is 18.0 Å². The van der Waals surface area contributed by atoms with Crippen LogP contribution in [-0.2, 0) is 32.6 Å². The van der Waals surface area contributed by atoms with Gasteiger partial charge in [-0.1, -0.05) is 97.1 Å². The Kier molecular flexibility index (Phi) is 12.6. The largest absolute Gasteiger partial charge is 0.494 e. The molecule has 1 N–H and O–H groups in total. The zero-order valence-corrected chi connectivity index (χ0v) is 29.8. The number of rotatable bonds is 14. The fraction of sp³-hybridized carbons (Fsp3) is 0.316. The van der Waals surface area contributed by atoms with Crippen molar-refractivity contribution in [3.8, 4) is 5.75 Å².